The van der Waals surface area contributed by atoms with Crippen LogP contribution in [-0.2, 0) is 4.79 Å². The second-order valence-corrected chi connectivity index (χ2v) is 6.51. The van der Waals surface area contributed by atoms with Gasteiger partial charge in [-0.3, -0.25) is 4.79 Å². The molecule has 0 bridgehead atoms. The number of nitrogens with one attached hydrogen (secondary N) is 1. The summed E-state index contributed by atoms with van der Waals surface area (Å²) in [5.41, 5.74) is 5.42. The number of amides is 1. The molecule has 0 radical (unpaired) electrons. The molecule has 3 N–H and O–H groups in total. The molecule has 2 atom stereocenters. The Bertz CT molecular complexity index is 283. The first-order chi connectivity index (χ1) is 8.25. The van der Waals surface area contributed by atoms with E-state index >= 15 is 0 Å². The van der Waals surface area contributed by atoms with E-state index in [9.17, 15) is 4.79 Å². The first-order valence-electron chi connectivity index (χ1n) is 6.98. The summed E-state index contributed by atoms with van der Waals surface area (Å²) in [5.74, 6) is 1.00. The van der Waals surface area contributed by atoms with Crippen LogP contribution in [-0.4, -0.2) is 43.0 Å². The fourth-order valence-electron chi connectivity index (χ4n) is 2.29. The summed E-state index contributed by atoms with van der Waals surface area (Å²) in [6, 6.07) is 0.379. The molecule has 4 heteroatoms. The average molecular weight is 255 g/mol. The first-order valence-corrected chi connectivity index (χ1v) is 6.98. The lowest BCUT2D eigenvalue weighted by Crippen LogP contribution is -2.55. The van der Waals surface area contributed by atoms with Gasteiger partial charge in [0.05, 0.1) is 5.54 Å². The maximum atomic E-state index is 12.1. The van der Waals surface area contributed by atoms with E-state index in [-0.39, 0.29) is 5.91 Å². The standard InChI is InChI=1S/C14H29N3O/c1-10(2)8-12(17(4)5)9-16-13(18)14(3,15)11-6-7-11/h10-12H,6-9,15H2,1-5H3,(H,16,18). The van der Waals surface area contributed by atoms with Gasteiger partial charge in [-0.25, -0.2) is 0 Å². The summed E-state index contributed by atoms with van der Waals surface area (Å²) >= 11 is 0. The second-order valence-electron chi connectivity index (χ2n) is 6.51. The average Bonchev–Trinajstić information content (AvgIpc) is 3.06. The molecule has 1 amide bonds. The Labute approximate surface area is 111 Å². The molecule has 0 aromatic rings. The van der Waals surface area contributed by atoms with Crippen LogP contribution in [0.25, 0.3) is 0 Å². The third-order valence-electron chi connectivity index (χ3n) is 3.89. The number of hydrogen-bond donors (Lipinski definition) is 2. The van der Waals surface area contributed by atoms with Crippen molar-refractivity contribution in [1.29, 1.82) is 0 Å². The van der Waals surface area contributed by atoms with Gasteiger partial charge in [0.15, 0.2) is 0 Å². The van der Waals surface area contributed by atoms with Crippen LogP contribution in [0.1, 0.15) is 40.0 Å². The van der Waals surface area contributed by atoms with Gasteiger partial charge in [-0.05, 0) is 52.1 Å². The summed E-state index contributed by atoms with van der Waals surface area (Å²) in [4.78, 5) is 14.3. The van der Waals surface area contributed by atoms with Crippen molar-refractivity contribution < 1.29 is 4.79 Å². The van der Waals surface area contributed by atoms with Gasteiger partial charge in [0.2, 0.25) is 5.91 Å². The Kier molecular flexibility index (Phi) is 5.17. The smallest absolute Gasteiger partial charge is 0.240 e. The number of carbonyl (C=O) groups is 1. The molecule has 1 fully saturated rings. The van der Waals surface area contributed by atoms with Gasteiger partial charge in [-0.1, -0.05) is 13.8 Å². The summed E-state index contributed by atoms with van der Waals surface area (Å²) in [6.07, 6.45) is 3.26. The molecule has 4 nitrogen and oxygen atoms in total. The van der Waals surface area contributed by atoms with Gasteiger partial charge >= 0.3 is 0 Å². The van der Waals surface area contributed by atoms with Crippen LogP contribution in [0, 0.1) is 11.8 Å². The number of rotatable bonds is 7. The monoisotopic (exact) mass is 255 g/mol. The Morgan fingerprint density at radius 1 is 1.44 bits per heavy atom. The summed E-state index contributed by atoms with van der Waals surface area (Å²) in [5, 5.41) is 3.03. The van der Waals surface area contributed by atoms with Crippen molar-refractivity contribution in [2.75, 3.05) is 20.6 Å². The number of nitrogens with zero attached hydrogens (tertiary/aromatic N) is 1. The highest BCUT2D eigenvalue weighted by molar-refractivity contribution is 5.86. The van der Waals surface area contributed by atoms with E-state index in [4.69, 9.17) is 5.73 Å². The third-order valence-corrected chi connectivity index (χ3v) is 3.89. The highest BCUT2D eigenvalue weighted by Gasteiger charge is 2.44. The van der Waals surface area contributed by atoms with Crippen molar-refractivity contribution in [3.63, 3.8) is 0 Å². The van der Waals surface area contributed by atoms with E-state index in [2.05, 4.69) is 38.2 Å². The number of nitrogens with two attached hydrogens (primary N) is 1. The summed E-state index contributed by atoms with van der Waals surface area (Å²) < 4.78 is 0. The van der Waals surface area contributed by atoms with E-state index in [0.717, 1.165) is 19.3 Å². The summed E-state index contributed by atoms with van der Waals surface area (Å²) in [6.45, 7) is 6.95. The van der Waals surface area contributed by atoms with Crippen LogP contribution in [0.5, 0.6) is 0 Å². The van der Waals surface area contributed by atoms with E-state index in [1.165, 1.54) is 0 Å². The van der Waals surface area contributed by atoms with Gasteiger partial charge in [0.1, 0.15) is 0 Å². The maximum absolute atomic E-state index is 12.1. The van der Waals surface area contributed by atoms with E-state index in [1.807, 2.05) is 6.92 Å². The van der Waals surface area contributed by atoms with Crippen LogP contribution < -0.4 is 11.1 Å². The van der Waals surface area contributed by atoms with Crippen LogP contribution in [0.15, 0.2) is 0 Å². The fraction of sp³-hybridized carbons (Fsp3) is 0.929. The Morgan fingerprint density at radius 3 is 2.39 bits per heavy atom. The molecule has 1 saturated carbocycles. The molecule has 1 aliphatic carbocycles. The maximum Gasteiger partial charge on any atom is 0.240 e. The topological polar surface area (TPSA) is 58.4 Å². The molecular weight excluding hydrogens is 226 g/mol. The molecule has 2 unspecified atom stereocenters. The van der Waals surface area contributed by atoms with Gasteiger partial charge in [0.25, 0.3) is 0 Å². The lowest BCUT2D eigenvalue weighted by Gasteiger charge is -2.29. The van der Waals surface area contributed by atoms with Crippen molar-refractivity contribution in [2.45, 2.75) is 51.6 Å². The number of carbonyl (C=O) groups excluding carboxylic acids is 1. The Balaban J connectivity index is 2.43. The largest absolute Gasteiger partial charge is 0.353 e. The Hall–Kier alpha value is -0.610. The SMILES string of the molecule is CC(C)CC(CNC(=O)C(C)(N)C1CC1)N(C)C. The second kappa shape index (κ2) is 6.02. The summed E-state index contributed by atoms with van der Waals surface area (Å²) in [7, 11) is 4.11. The zero-order valence-electron chi connectivity index (χ0n) is 12.5. The van der Waals surface area contributed by atoms with Crippen LogP contribution >= 0.6 is 0 Å². The van der Waals surface area contributed by atoms with Gasteiger partial charge in [-0.15, -0.1) is 0 Å². The van der Waals surface area contributed by atoms with Gasteiger partial charge in [-0.2, -0.15) is 0 Å². The zero-order valence-corrected chi connectivity index (χ0v) is 12.5. The van der Waals surface area contributed by atoms with Crippen molar-refractivity contribution in [2.24, 2.45) is 17.6 Å². The fourth-order valence-corrected chi connectivity index (χ4v) is 2.29. The van der Waals surface area contributed by atoms with Gasteiger partial charge in [0, 0.05) is 12.6 Å². The molecule has 0 spiro atoms. The molecule has 0 aromatic heterocycles. The van der Waals surface area contributed by atoms with E-state index in [0.29, 0.717) is 24.4 Å². The van der Waals surface area contributed by atoms with Gasteiger partial charge < -0.3 is 16.0 Å². The molecule has 0 saturated heterocycles. The molecule has 106 valence electrons. The van der Waals surface area contributed by atoms with E-state index in [1.54, 1.807) is 0 Å². The number of hydrogen-bond acceptors (Lipinski definition) is 3. The van der Waals surface area contributed by atoms with E-state index < -0.39 is 5.54 Å². The first kappa shape index (κ1) is 15.4. The highest BCUT2D eigenvalue weighted by atomic mass is 16.2. The van der Waals surface area contributed by atoms with Crippen molar-refractivity contribution in [3.8, 4) is 0 Å². The lowest BCUT2D eigenvalue weighted by atomic mass is 9.95. The molecule has 18 heavy (non-hydrogen) atoms. The number of likely N-dealkylation sites (N-methyl/N-ethyl adjacent to an activating group) is 1. The molecule has 0 aliphatic heterocycles. The predicted octanol–water partition coefficient (Wildman–Crippen LogP) is 1.21. The third kappa shape index (κ3) is 4.25. The minimum Gasteiger partial charge on any atom is -0.353 e. The highest BCUT2D eigenvalue weighted by Crippen LogP contribution is 2.38. The molecule has 0 aromatic carbocycles. The molecular formula is C14H29N3O. The predicted molar refractivity (Wildman–Crippen MR) is 75.3 cm³/mol. The zero-order chi connectivity index (χ0) is 13.9. The minimum absolute atomic E-state index is 0.000561. The lowest BCUT2D eigenvalue weighted by molar-refractivity contribution is -0.126. The minimum atomic E-state index is -0.686. The van der Waals surface area contributed by atoms with Crippen molar-refractivity contribution >= 4 is 5.91 Å². The molecule has 1 rings (SSSR count). The van der Waals surface area contributed by atoms with Crippen LogP contribution in [0.4, 0.5) is 0 Å². The van der Waals surface area contributed by atoms with Crippen molar-refractivity contribution in [1.82, 2.24) is 10.2 Å². The molecule has 0 heterocycles. The van der Waals surface area contributed by atoms with Crippen LogP contribution in [0.2, 0.25) is 0 Å². The Morgan fingerprint density at radius 2 is 2.00 bits per heavy atom. The normalized spacial score (nSPS) is 20.9. The van der Waals surface area contributed by atoms with Crippen LogP contribution in [0.3, 0.4) is 0 Å². The molecule has 1 aliphatic rings. The van der Waals surface area contributed by atoms with Crippen molar-refractivity contribution in [3.05, 3.63) is 0 Å². The quantitative estimate of drug-likeness (QED) is 0.719.